The zero-order valence-corrected chi connectivity index (χ0v) is 12.9. The van der Waals surface area contributed by atoms with Crippen LogP contribution in [0.3, 0.4) is 0 Å². The lowest BCUT2D eigenvalue weighted by atomic mass is 9.84. The fourth-order valence-electron chi connectivity index (χ4n) is 2.75. The van der Waals surface area contributed by atoms with Gasteiger partial charge in [0.2, 0.25) is 10.0 Å². The summed E-state index contributed by atoms with van der Waals surface area (Å²) in [7, 11) is -3.54. The summed E-state index contributed by atoms with van der Waals surface area (Å²) in [5, 5.41) is 7.44. The molecule has 0 saturated heterocycles. The van der Waals surface area contributed by atoms with Crippen LogP contribution in [0.25, 0.3) is 0 Å². The van der Waals surface area contributed by atoms with Crippen LogP contribution in [0.5, 0.6) is 0 Å². The first-order chi connectivity index (χ1) is 9.96. The lowest BCUT2D eigenvalue weighted by molar-refractivity contribution is 0.0956. The Morgan fingerprint density at radius 2 is 1.76 bits per heavy atom. The third-order valence-corrected chi connectivity index (χ3v) is 4.69. The average molecular weight is 310 g/mol. The van der Waals surface area contributed by atoms with Crippen molar-refractivity contribution < 1.29 is 13.2 Å². The Morgan fingerprint density at radius 1 is 1.14 bits per heavy atom. The van der Waals surface area contributed by atoms with Gasteiger partial charge in [0, 0.05) is 12.1 Å². The van der Waals surface area contributed by atoms with Crippen LogP contribution in [0.1, 0.15) is 53.9 Å². The van der Waals surface area contributed by atoms with Crippen molar-refractivity contribution in [2.24, 2.45) is 5.14 Å². The summed E-state index contributed by atoms with van der Waals surface area (Å²) in [4.78, 5) is 11.9. The van der Waals surface area contributed by atoms with E-state index in [4.69, 9.17) is 5.14 Å². The molecule has 3 N–H and O–H groups in total. The summed E-state index contributed by atoms with van der Waals surface area (Å²) in [6.07, 6.45) is 6.32. The third kappa shape index (κ3) is 5.13. The first-order valence-electron chi connectivity index (χ1n) is 7.34. The van der Waals surface area contributed by atoms with Crippen LogP contribution >= 0.6 is 0 Å². The molecular weight excluding hydrogens is 288 g/mol. The van der Waals surface area contributed by atoms with Gasteiger partial charge < -0.3 is 5.32 Å². The van der Waals surface area contributed by atoms with Crippen molar-refractivity contribution in [1.29, 1.82) is 0 Å². The minimum Gasteiger partial charge on any atom is -0.351 e. The van der Waals surface area contributed by atoms with Gasteiger partial charge in [-0.15, -0.1) is 0 Å². The Balaban J connectivity index is 1.90. The van der Waals surface area contributed by atoms with Crippen LogP contribution in [0.15, 0.2) is 24.3 Å². The summed E-state index contributed by atoms with van der Waals surface area (Å²) < 4.78 is 21.6. The monoisotopic (exact) mass is 310 g/mol. The quantitative estimate of drug-likeness (QED) is 0.868. The molecule has 0 aliphatic heterocycles. The predicted octanol–water partition coefficient (Wildman–Crippen LogP) is 1.75. The highest BCUT2D eigenvalue weighted by Crippen LogP contribution is 2.32. The molecule has 1 fully saturated rings. The summed E-state index contributed by atoms with van der Waals surface area (Å²) >= 11 is 0. The van der Waals surface area contributed by atoms with Gasteiger partial charge in [-0.3, -0.25) is 4.79 Å². The number of primary sulfonamides is 1. The number of nitrogens with two attached hydrogens (primary N) is 1. The Labute approximate surface area is 126 Å². The summed E-state index contributed by atoms with van der Waals surface area (Å²) in [5.41, 5.74) is 1.83. The molecule has 116 valence electrons. The van der Waals surface area contributed by atoms with Crippen molar-refractivity contribution in [2.75, 3.05) is 12.3 Å². The van der Waals surface area contributed by atoms with Crippen molar-refractivity contribution >= 4 is 15.9 Å². The van der Waals surface area contributed by atoms with Crippen LogP contribution in [-0.4, -0.2) is 26.6 Å². The van der Waals surface area contributed by atoms with Crippen molar-refractivity contribution in [3.8, 4) is 0 Å². The maximum atomic E-state index is 11.9. The van der Waals surface area contributed by atoms with E-state index in [1.54, 1.807) is 12.1 Å². The van der Waals surface area contributed by atoms with Crippen LogP contribution in [0.2, 0.25) is 0 Å². The minimum absolute atomic E-state index is 0.0298. The van der Waals surface area contributed by atoms with Crippen LogP contribution < -0.4 is 10.5 Å². The molecule has 1 aliphatic carbocycles. The molecule has 2 rings (SSSR count). The van der Waals surface area contributed by atoms with Gasteiger partial charge in [0.1, 0.15) is 0 Å². The molecule has 0 atom stereocenters. The molecule has 0 bridgehead atoms. The molecular formula is C15H22N2O3S. The van der Waals surface area contributed by atoms with E-state index in [9.17, 15) is 13.2 Å². The SMILES string of the molecule is NS(=O)(=O)CCNC(=O)c1ccc(C2CCCCC2)cc1. The zero-order chi connectivity index (χ0) is 15.3. The average Bonchev–Trinajstić information content (AvgIpc) is 2.47. The molecule has 1 amide bonds. The fraction of sp³-hybridized carbons (Fsp3) is 0.533. The van der Waals surface area contributed by atoms with E-state index in [0.717, 1.165) is 0 Å². The second-order valence-corrected chi connectivity index (χ2v) is 7.31. The summed E-state index contributed by atoms with van der Waals surface area (Å²) in [6, 6.07) is 7.61. The molecule has 21 heavy (non-hydrogen) atoms. The number of hydrogen-bond acceptors (Lipinski definition) is 3. The van der Waals surface area contributed by atoms with Gasteiger partial charge in [0.25, 0.3) is 5.91 Å². The lowest BCUT2D eigenvalue weighted by Crippen LogP contribution is -2.31. The lowest BCUT2D eigenvalue weighted by Gasteiger charge is -2.22. The molecule has 0 aromatic heterocycles. The van der Waals surface area contributed by atoms with E-state index >= 15 is 0 Å². The van der Waals surface area contributed by atoms with Gasteiger partial charge in [-0.05, 0) is 36.5 Å². The number of amides is 1. The number of hydrogen-bond donors (Lipinski definition) is 2. The second-order valence-electron chi connectivity index (χ2n) is 5.58. The molecule has 0 unspecified atom stereocenters. The number of nitrogens with one attached hydrogen (secondary N) is 1. The Hall–Kier alpha value is -1.40. The molecule has 6 heteroatoms. The number of rotatable bonds is 5. The fourth-order valence-corrected chi connectivity index (χ4v) is 3.14. The van der Waals surface area contributed by atoms with E-state index in [0.29, 0.717) is 11.5 Å². The Bertz CT molecular complexity index is 575. The Morgan fingerprint density at radius 3 is 2.33 bits per heavy atom. The zero-order valence-electron chi connectivity index (χ0n) is 12.0. The predicted molar refractivity (Wildman–Crippen MR) is 82.6 cm³/mol. The molecule has 0 radical (unpaired) electrons. The topological polar surface area (TPSA) is 89.3 Å². The van der Waals surface area contributed by atoms with Gasteiger partial charge in [-0.25, -0.2) is 13.6 Å². The van der Waals surface area contributed by atoms with E-state index in [2.05, 4.69) is 5.32 Å². The first kappa shape index (κ1) is 16.0. The van der Waals surface area contributed by atoms with Crippen molar-refractivity contribution in [2.45, 2.75) is 38.0 Å². The van der Waals surface area contributed by atoms with Gasteiger partial charge in [-0.2, -0.15) is 0 Å². The van der Waals surface area contributed by atoms with Crippen LogP contribution in [0.4, 0.5) is 0 Å². The number of benzene rings is 1. The molecule has 1 aromatic carbocycles. The normalized spacial score (nSPS) is 16.6. The van der Waals surface area contributed by atoms with E-state index < -0.39 is 10.0 Å². The summed E-state index contributed by atoms with van der Waals surface area (Å²) in [6.45, 7) is 0.0298. The van der Waals surface area contributed by atoms with Gasteiger partial charge >= 0.3 is 0 Å². The van der Waals surface area contributed by atoms with E-state index in [1.165, 1.54) is 37.7 Å². The number of carbonyl (C=O) groups excluding carboxylic acids is 1. The highest BCUT2D eigenvalue weighted by atomic mass is 32.2. The summed E-state index contributed by atoms with van der Waals surface area (Å²) in [5.74, 6) is 0.0888. The first-order valence-corrected chi connectivity index (χ1v) is 9.06. The number of sulfonamides is 1. The van der Waals surface area contributed by atoms with Crippen molar-refractivity contribution in [1.82, 2.24) is 5.32 Å². The molecule has 0 spiro atoms. The highest BCUT2D eigenvalue weighted by Gasteiger charge is 2.16. The van der Waals surface area contributed by atoms with Crippen molar-refractivity contribution in [3.63, 3.8) is 0 Å². The van der Waals surface area contributed by atoms with Gasteiger partial charge in [0.05, 0.1) is 5.75 Å². The van der Waals surface area contributed by atoms with Gasteiger partial charge in [-0.1, -0.05) is 31.4 Å². The largest absolute Gasteiger partial charge is 0.351 e. The molecule has 0 heterocycles. The molecule has 1 aromatic rings. The van der Waals surface area contributed by atoms with Crippen LogP contribution in [-0.2, 0) is 10.0 Å². The third-order valence-electron chi connectivity index (χ3n) is 3.92. The minimum atomic E-state index is -3.54. The van der Waals surface area contributed by atoms with E-state index in [1.807, 2.05) is 12.1 Å². The molecule has 1 aliphatic rings. The Kier molecular flexibility index (Phi) is 5.36. The maximum absolute atomic E-state index is 11.9. The molecule has 1 saturated carbocycles. The maximum Gasteiger partial charge on any atom is 0.251 e. The number of carbonyl (C=O) groups is 1. The van der Waals surface area contributed by atoms with Crippen molar-refractivity contribution in [3.05, 3.63) is 35.4 Å². The second kappa shape index (κ2) is 7.04. The smallest absolute Gasteiger partial charge is 0.251 e. The standard InChI is InChI=1S/C15H22N2O3S/c16-21(19,20)11-10-17-15(18)14-8-6-13(7-9-14)12-4-2-1-3-5-12/h6-9,12H,1-5,10-11H2,(H,17,18)(H2,16,19,20). The van der Waals surface area contributed by atoms with Gasteiger partial charge in [0.15, 0.2) is 0 Å². The van der Waals surface area contributed by atoms with E-state index in [-0.39, 0.29) is 18.2 Å². The van der Waals surface area contributed by atoms with Crippen LogP contribution in [0, 0.1) is 0 Å². The molecule has 5 nitrogen and oxygen atoms in total. The highest BCUT2D eigenvalue weighted by molar-refractivity contribution is 7.89.